The monoisotopic (exact) mass is 393 g/mol. The van der Waals surface area contributed by atoms with Crippen LogP contribution in [0.2, 0.25) is 0 Å². The second-order valence-corrected chi connectivity index (χ2v) is 8.35. The number of nitrogens with one attached hydrogen (secondary N) is 2. The summed E-state index contributed by atoms with van der Waals surface area (Å²) in [6.45, 7) is 0. The highest BCUT2D eigenvalue weighted by Crippen LogP contribution is 2.38. The molecule has 0 spiro atoms. The molecule has 1 aromatic heterocycles. The van der Waals surface area contributed by atoms with Gasteiger partial charge in [0.1, 0.15) is 17.1 Å². The van der Waals surface area contributed by atoms with Crippen LogP contribution >= 0.6 is 0 Å². The summed E-state index contributed by atoms with van der Waals surface area (Å²) in [4.78, 5) is 10.6. The minimum Gasteiger partial charge on any atom is -0.480 e. The zero-order valence-electron chi connectivity index (χ0n) is 13.5. The number of hydrogen-bond donors (Lipinski definition) is 4. The Morgan fingerprint density at radius 1 is 1.27 bits per heavy atom. The molecule has 0 radical (unpaired) electrons. The molecule has 5 N–H and O–H groups in total. The molecule has 0 bridgehead atoms. The first-order valence-electron chi connectivity index (χ1n) is 7.59. The van der Waals surface area contributed by atoms with E-state index in [0.717, 1.165) is 0 Å². The predicted molar refractivity (Wildman–Crippen MR) is 88.1 cm³/mol. The van der Waals surface area contributed by atoms with Crippen molar-refractivity contribution >= 4 is 26.7 Å². The summed E-state index contributed by atoms with van der Waals surface area (Å²) in [5.74, 6) is -4.11. The lowest BCUT2D eigenvalue weighted by Gasteiger charge is -2.21. The normalized spacial score (nSPS) is 16.9. The van der Waals surface area contributed by atoms with E-state index in [2.05, 4.69) is 15.4 Å². The summed E-state index contributed by atoms with van der Waals surface area (Å²) >= 11 is 0. The Kier molecular flexibility index (Phi) is 5.86. The Hall–Kier alpha value is -2.21. The van der Waals surface area contributed by atoms with Crippen LogP contribution in [0, 0.1) is 4.78 Å². The number of carboxylic acid groups (broad SMARTS) is 1. The third-order valence-corrected chi connectivity index (χ3v) is 5.74. The fraction of sp³-hybridized carbons (Fsp3) is 0.500. The van der Waals surface area contributed by atoms with Gasteiger partial charge in [-0.1, -0.05) is 6.07 Å². The summed E-state index contributed by atoms with van der Waals surface area (Å²) < 4.78 is 60.2. The summed E-state index contributed by atoms with van der Waals surface area (Å²) in [5, 5.41) is 18.5. The fourth-order valence-corrected chi connectivity index (χ4v) is 3.90. The van der Waals surface area contributed by atoms with Crippen molar-refractivity contribution in [1.29, 1.82) is 4.78 Å². The van der Waals surface area contributed by atoms with E-state index in [9.17, 15) is 22.2 Å². The van der Waals surface area contributed by atoms with Gasteiger partial charge in [0.15, 0.2) is 0 Å². The molecular weight excluding hydrogens is 375 g/mol. The molecule has 12 heteroatoms. The van der Waals surface area contributed by atoms with Crippen molar-refractivity contribution in [3.05, 3.63) is 23.8 Å². The number of carbonyl (C=O) groups is 1. The van der Waals surface area contributed by atoms with Crippen molar-refractivity contribution in [1.82, 2.24) is 15.4 Å². The van der Waals surface area contributed by atoms with E-state index < -0.39 is 46.0 Å². The predicted octanol–water partition coefficient (Wildman–Crippen LogP) is 1.84. The number of hydrogen-bond acceptors (Lipinski definition) is 6. The van der Waals surface area contributed by atoms with Crippen molar-refractivity contribution in [2.45, 2.75) is 31.0 Å². The second-order valence-electron chi connectivity index (χ2n) is 5.91. The van der Waals surface area contributed by atoms with Crippen LogP contribution in [-0.4, -0.2) is 54.4 Å². The molecule has 1 heterocycles. The van der Waals surface area contributed by atoms with Crippen molar-refractivity contribution in [3.63, 3.8) is 0 Å². The quantitative estimate of drug-likeness (QED) is 0.538. The third-order valence-electron chi connectivity index (χ3n) is 3.95. The maximum Gasteiger partial charge on any atom is 0.395 e. The average molecular weight is 393 g/mol. The molecule has 2 unspecified atom stereocenters. The van der Waals surface area contributed by atoms with Crippen molar-refractivity contribution in [2.75, 3.05) is 11.5 Å². The highest BCUT2D eigenvalue weighted by Gasteiger charge is 2.41. The van der Waals surface area contributed by atoms with Crippen LogP contribution in [-0.2, 0) is 14.5 Å². The Morgan fingerprint density at radius 3 is 2.50 bits per heavy atom. The van der Waals surface area contributed by atoms with Gasteiger partial charge >= 0.3 is 12.1 Å². The summed E-state index contributed by atoms with van der Waals surface area (Å²) in [6, 6.07) is 2.63. The van der Waals surface area contributed by atoms with Crippen LogP contribution in [0.3, 0.4) is 0 Å². The molecular formula is C14H18F3N5O3S. The van der Waals surface area contributed by atoms with Gasteiger partial charge in [-0.3, -0.25) is 9.57 Å². The average Bonchev–Trinajstić information content (AvgIpc) is 2.99. The molecule has 2 rings (SSSR count). The lowest BCUT2D eigenvalue weighted by molar-refractivity contribution is -0.150. The first-order chi connectivity index (χ1) is 12.0. The maximum atomic E-state index is 13.4. The van der Waals surface area contributed by atoms with E-state index in [1.807, 2.05) is 0 Å². The van der Waals surface area contributed by atoms with E-state index >= 15 is 0 Å². The van der Waals surface area contributed by atoms with E-state index in [-0.39, 0.29) is 23.3 Å². The van der Waals surface area contributed by atoms with Crippen molar-refractivity contribution < 1.29 is 27.3 Å². The van der Waals surface area contributed by atoms with E-state index in [0.29, 0.717) is 5.52 Å². The van der Waals surface area contributed by atoms with Gasteiger partial charge in [-0.2, -0.15) is 28.6 Å². The van der Waals surface area contributed by atoms with Gasteiger partial charge in [-0.05, 0) is 30.5 Å². The number of halogens is 3. The zero-order chi connectivity index (χ0) is 19.5. The Morgan fingerprint density at radius 2 is 1.88 bits per heavy atom. The first-order valence-corrected chi connectivity index (χ1v) is 9.49. The van der Waals surface area contributed by atoms with E-state index in [1.165, 1.54) is 18.2 Å². The number of benzene rings is 1. The van der Waals surface area contributed by atoms with Crippen LogP contribution in [0.4, 0.5) is 13.2 Å². The third kappa shape index (κ3) is 5.14. The van der Waals surface area contributed by atoms with Crippen LogP contribution < -0.4 is 5.73 Å². The number of aliphatic carboxylic acids is 1. The number of nitrogens with zero attached hydrogens (tertiary/aromatic N) is 2. The number of H-pyrrole nitrogens is 1. The zero-order valence-corrected chi connectivity index (χ0v) is 14.3. The number of aromatic amines is 1. The van der Waals surface area contributed by atoms with E-state index in [1.54, 1.807) is 0 Å². The van der Waals surface area contributed by atoms with Gasteiger partial charge in [0.2, 0.25) is 0 Å². The number of carboxylic acids is 1. The summed E-state index contributed by atoms with van der Waals surface area (Å²) in [5.41, 5.74) is 5.91. The van der Waals surface area contributed by atoms with Gasteiger partial charge in [0.25, 0.3) is 0 Å². The first kappa shape index (κ1) is 20.1. The fourth-order valence-electron chi connectivity index (χ4n) is 2.44. The van der Waals surface area contributed by atoms with E-state index in [4.69, 9.17) is 15.6 Å². The minimum absolute atomic E-state index is 0.0589. The second kappa shape index (κ2) is 7.58. The van der Waals surface area contributed by atoms with Crippen LogP contribution in [0.5, 0.6) is 0 Å². The van der Waals surface area contributed by atoms with Crippen molar-refractivity contribution in [3.8, 4) is 0 Å². The number of fused-ring (bicyclic) bond motifs is 1. The molecule has 0 fully saturated rings. The molecule has 0 aliphatic heterocycles. The SMILES string of the molecule is N=S(=O)(CCC(c1ccc2n[nH]nc2c1)C(F)(F)F)CC[C@H](N)C(=O)O. The van der Waals surface area contributed by atoms with Gasteiger partial charge in [0.05, 0.1) is 5.92 Å². The van der Waals surface area contributed by atoms with Gasteiger partial charge in [0, 0.05) is 21.2 Å². The number of rotatable bonds is 8. The molecule has 1 aromatic carbocycles. The number of nitrogens with two attached hydrogens (primary N) is 1. The Labute approximate surface area is 146 Å². The largest absolute Gasteiger partial charge is 0.480 e. The molecule has 0 saturated carbocycles. The number of aromatic nitrogens is 3. The Balaban J connectivity index is 2.12. The minimum atomic E-state index is -4.59. The van der Waals surface area contributed by atoms with Gasteiger partial charge < -0.3 is 10.8 Å². The molecule has 8 nitrogen and oxygen atoms in total. The molecule has 0 aliphatic carbocycles. The highest BCUT2D eigenvalue weighted by molar-refractivity contribution is 7.92. The smallest absolute Gasteiger partial charge is 0.395 e. The lowest BCUT2D eigenvalue weighted by atomic mass is 9.95. The highest BCUT2D eigenvalue weighted by atomic mass is 32.2. The van der Waals surface area contributed by atoms with Gasteiger partial charge in [-0.15, -0.1) is 0 Å². The molecule has 2 aromatic rings. The van der Waals surface area contributed by atoms with Crippen molar-refractivity contribution in [2.24, 2.45) is 5.73 Å². The molecule has 26 heavy (non-hydrogen) atoms. The molecule has 0 aliphatic rings. The molecule has 144 valence electrons. The van der Waals surface area contributed by atoms with Crippen LogP contribution in [0.1, 0.15) is 24.3 Å². The molecule has 3 atom stereocenters. The summed E-state index contributed by atoms with van der Waals surface area (Å²) in [7, 11) is -3.38. The molecule has 0 saturated heterocycles. The summed E-state index contributed by atoms with van der Waals surface area (Å²) in [6.07, 6.45) is -5.39. The Bertz CT molecular complexity index is 881. The van der Waals surface area contributed by atoms with Gasteiger partial charge in [-0.25, -0.2) is 4.21 Å². The lowest BCUT2D eigenvalue weighted by Crippen LogP contribution is -2.32. The number of alkyl halides is 3. The van der Waals surface area contributed by atoms with Crippen LogP contribution in [0.25, 0.3) is 11.0 Å². The topological polar surface area (TPSA) is 146 Å². The standard InChI is InChI=1S/C14H18F3N5O3S/c15-14(16,17)9(8-1-2-11-12(7-8)21-22-20-11)3-5-26(19,25)6-4-10(18)13(23)24/h1-2,7,9-10,19H,3-6,18H2,(H,23,24)(H,20,21,22)/t9?,10-,26?/m0/s1. The van der Waals surface area contributed by atoms with Crippen LogP contribution in [0.15, 0.2) is 18.2 Å². The molecule has 0 amide bonds. The maximum absolute atomic E-state index is 13.4.